The van der Waals surface area contributed by atoms with E-state index in [4.69, 9.17) is 0 Å². The smallest absolute Gasteiger partial charge is 0.339 e. The summed E-state index contributed by atoms with van der Waals surface area (Å²) in [5, 5.41) is 9.23. The Hall–Kier alpha value is -1.58. The lowest BCUT2D eigenvalue weighted by atomic mass is 10.1. The number of carbonyl (C=O) groups is 1. The molecule has 100 valence electrons. The van der Waals surface area contributed by atoms with Crippen LogP contribution in [0, 0.1) is 0 Å². The quantitative estimate of drug-likeness (QED) is 0.807. The minimum atomic E-state index is -0.914. The van der Waals surface area contributed by atoms with Crippen LogP contribution in [0.1, 0.15) is 50.4 Å². The second kappa shape index (κ2) is 6.99. The highest BCUT2D eigenvalue weighted by molar-refractivity contribution is 5.93. The lowest BCUT2D eigenvalue weighted by Gasteiger charge is -2.30. The summed E-state index contributed by atoms with van der Waals surface area (Å²) >= 11 is 0. The fourth-order valence-electron chi connectivity index (χ4n) is 1.88. The summed E-state index contributed by atoms with van der Waals surface area (Å²) in [6.45, 7) is 7.19. The minimum Gasteiger partial charge on any atom is -0.478 e. The predicted octanol–water partition coefficient (Wildman–Crippen LogP) is 3.18. The van der Waals surface area contributed by atoms with Gasteiger partial charge in [0.2, 0.25) is 0 Å². The van der Waals surface area contributed by atoms with Crippen molar-refractivity contribution in [1.82, 2.24) is 4.98 Å². The molecule has 1 atom stereocenters. The molecule has 0 spiro atoms. The molecule has 0 saturated carbocycles. The normalized spacial score (nSPS) is 12.2. The molecular weight excluding hydrogens is 228 g/mol. The van der Waals surface area contributed by atoms with E-state index in [1.165, 1.54) is 0 Å². The molecule has 0 aliphatic heterocycles. The summed E-state index contributed by atoms with van der Waals surface area (Å²) in [7, 11) is 0. The number of aromatic nitrogens is 1. The van der Waals surface area contributed by atoms with E-state index in [0.29, 0.717) is 11.9 Å². The maximum atomic E-state index is 11.2. The molecule has 1 aromatic rings. The van der Waals surface area contributed by atoms with Gasteiger partial charge in [-0.25, -0.2) is 9.78 Å². The van der Waals surface area contributed by atoms with E-state index in [2.05, 4.69) is 30.7 Å². The van der Waals surface area contributed by atoms with Gasteiger partial charge in [0.25, 0.3) is 0 Å². The average Bonchev–Trinajstić information content (AvgIpc) is 2.39. The number of rotatable bonds is 7. The Morgan fingerprint density at radius 2 is 2.22 bits per heavy atom. The van der Waals surface area contributed by atoms with Crippen molar-refractivity contribution in [3.63, 3.8) is 0 Å². The number of pyridine rings is 1. The van der Waals surface area contributed by atoms with Crippen LogP contribution in [0.2, 0.25) is 0 Å². The number of carboxylic acids is 1. The Balaban J connectivity index is 3.07. The standard InChI is InChI=1S/C14H22N2O2/c1-4-6-10-16(11(3)5-2)13-12(14(17)18)8-7-9-15-13/h7-9,11H,4-6,10H2,1-3H3,(H,17,18). The van der Waals surface area contributed by atoms with Gasteiger partial charge in [-0.15, -0.1) is 0 Å². The molecule has 0 fully saturated rings. The Kier molecular flexibility index (Phi) is 5.62. The number of carboxylic acid groups (broad SMARTS) is 1. The molecule has 0 amide bonds. The van der Waals surface area contributed by atoms with Crippen molar-refractivity contribution in [3.05, 3.63) is 23.9 Å². The van der Waals surface area contributed by atoms with Crippen LogP contribution in [0.15, 0.2) is 18.3 Å². The number of nitrogens with zero attached hydrogens (tertiary/aromatic N) is 2. The van der Waals surface area contributed by atoms with Crippen molar-refractivity contribution < 1.29 is 9.90 Å². The van der Waals surface area contributed by atoms with Crippen LogP contribution in [0.25, 0.3) is 0 Å². The molecule has 0 bridgehead atoms. The molecule has 0 aromatic carbocycles. The van der Waals surface area contributed by atoms with Gasteiger partial charge in [0.1, 0.15) is 11.4 Å². The van der Waals surface area contributed by atoms with E-state index in [-0.39, 0.29) is 5.56 Å². The Bertz CT molecular complexity index is 393. The third-order valence-corrected chi connectivity index (χ3v) is 3.16. The monoisotopic (exact) mass is 250 g/mol. The molecule has 0 aliphatic rings. The molecule has 1 heterocycles. The maximum absolute atomic E-state index is 11.2. The second-order valence-electron chi connectivity index (χ2n) is 4.48. The van der Waals surface area contributed by atoms with Crippen molar-refractivity contribution in [2.45, 2.75) is 46.1 Å². The van der Waals surface area contributed by atoms with Gasteiger partial charge in [0, 0.05) is 18.8 Å². The molecule has 0 radical (unpaired) electrons. The summed E-state index contributed by atoms with van der Waals surface area (Å²) in [5.41, 5.74) is 0.286. The number of hydrogen-bond acceptors (Lipinski definition) is 3. The van der Waals surface area contributed by atoms with Gasteiger partial charge in [-0.05, 0) is 31.9 Å². The van der Waals surface area contributed by atoms with Crippen LogP contribution in [-0.2, 0) is 0 Å². The van der Waals surface area contributed by atoms with Crippen molar-refractivity contribution in [2.75, 3.05) is 11.4 Å². The summed E-state index contributed by atoms with van der Waals surface area (Å²) in [6, 6.07) is 3.58. The Morgan fingerprint density at radius 1 is 1.50 bits per heavy atom. The zero-order chi connectivity index (χ0) is 13.5. The highest BCUT2D eigenvalue weighted by Crippen LogP contribution is 2.21. The van der Waals surface area contributed by atoms with E-state index in [1.807, 2.05) is 0 Å². The minimum absolute atomic E-state index is 0.286. The first-order valence-electron chi connectivity index (χ1n) is 6.56. The van der Waals surface area contributed by atoms with Crippen LogP contribution < -0.4 is 4.90 Å². The molecule has 4 heteroatoms. The topological polar surface area (TPSA) is 53.4 Å². The van der Waals surface area contributed by atoms with Crippen LogP contribution in [0.3, 0.4) is 0 Å². The van der Waals surface area contributed by atoms with Crippen LogP contribution in [0.4, 0.5) is 5.82 Å². The van der Waals surface area contributed by atoms with Crippen molar-refractivity contribution >= 4 is 11.8 Å². The van der Waals surface area contributed by atoms with Crippen molar-refractivity contribution in [1.29, 1.82) is 0 Å². The fourth-order valence-corrected chi connectivity index (χ4v) is 1.88. The largest absolute Gasteiger partial charge is 0.478 e. The van der Waals surface area contributed by atoms with E-state index in [0.717, 1.165) is 25.8 Å². The van der Waals surface area contributed by atoms with Gasteiger partial charge in [-0.2, -0.15) is 0 Å². The number of hydrogen-bond donors (Lipinski definition) is 1. The Labute approximate surface area is 109 Å². The van der Waals surface area contributed by atoms with Gasteiger partial charge in [-0.3, -0.25) is 0 Å². The number of aromatic carboxylic acids is 1. The first kappa shape index (κ1) is 14.5. The predicted molar refractivity (Wildman–Crippen MR) is 73.2 cm³/mol. The first-order valence-corrected chi connectivity index (χ1v) is 6.56. The molecule has 4 nitrogen and oxygen atoms in total. The Morgan fingerprint density at radius 3 is 2.78 bits per heavy atom. The molecule has 1 rings (SSSR count). The van der Waals surface area contributed by atoms with E-state index in [9.17, 15) is 9.90 Å². The van der Waals surface area contributed by atoms with Crippen molar-refractivity contribution in [3.8, 4) is 0 Å². The maximum Gasteiger partial charge on any atom is 0.339 e. The third-order valence-electron chi connectivity index (χ3n) is 3.16. The van der Waals surface area contributed by atoms with Gasteiger partial charge < -0.3 is 10.0 Å². The van der Waals surface area contributed by atoms with Crippen LogP contribution in [0.5, 0.6) is 0 Å². The molecule has 1 unspecified atom stereocenters. The molecule has 18 heavy (non-hydrogen) atoms. The molecule has 0 saturated heterocycles. The third kappa shape index (κ3) is 3.45. The van der Waals surface area contributed by atoms with Gasteiger partial charge in [0.05, 0.1) is 0 Å². The summed E-state index contributed by atoms with van der Waals surface area (Å²) in [5.74, 6) is -0.323. The molecule has 0 aliphatic carbocycles. The lowest BCUT2D eigenvalue weighted by Crippen LogP contribution is -2.35. The van der Waals surface area contributed by atoms with E-state index < -0.39 is 5.97 Å². The summed E-state index contributed by atoms with van der Waals surface area (Å²) in [4.78, 5) is 17.6. The van der Waals surface area contributed by atoms with Gasteiger partial charge in [-0.1, -0.05) is 20.3 Å². The lowest BCUT2D eigenvalue weighted by molar-refractivity contribution is 0.0697. The van der Waals surface area contributed by atoms with Crippen LogP contribution in [-0.4, -0.2) is 28.6 Å². The molecule has 1 aromatic heterocycles. The average molecular weight is 250 g/mol. The highest BCUT2D eigenvalue weighted by atomic mass is 16.4. The van der Waals surface area contributed by atoms with Gasteiger partial charge >= 0.3 is 5.97 Å². The molecule has 1 N–H and O–H groups in total. The second-order valence-corrected chi connectivity index (χ2v) is 4.48. The van der Waals surface area contributed by atoms with E-state index >= 15 is 0 Å². The van der Waals surface area contributed by atoms with Crippen LogP contribution >= 0.6 is 0 Å². The zero-order valence-electron chi connectivity index (χ0n) is 11.4. The number of anilines is 1. The van der Waals surface area contributed by atoms with Crippen molar-refractivity contribution in [2.24, 2.45) is 0 Å². The fraction of sp³-hybridized carbons (Fsp3) is 0.571. The SMILES string of the molecule is CCCCN(c1ncccc1C(=O)O)C(C)CC. The molecular formula is C14H22N2O2. The number of unbranched alkanes of at least 4 members (excludes halogenated alkanes) is 1. The summed E-state index contributed by atoms with van der Waals surface area (Å²) < 4.78 is 0. The van der Waals surface area contributed by atoms with Gasteiger partial charge in [0.15, 0.2) is 0 Å². The zero-order valence-corrected chi connectivity index (χ0v) is 11.4. The highest BCUT2D eigenvalue weighted by Gasteiger charge is 2.20. The van der Waals surface area contributed by atoms with E-state index in [1.54, 1.807) is 18.3 Å². The summed E-state index contributed by atoms with van der Waals surface area (Å²) in [6.07, 6.45) is 4.75. The first-order chi connectivity index (χ1) is 8.61.